The molecule has 0 atom stereocenters. The van der Waals surface area contributed by atoms with Gasteiger partial charge in [-0.15, -0.1) is 0 Å². The highest BCUT2D eigenvalue weighted by Crippen LogP contribution is 2.63. The lowest BCUT2D eigenvalue weighted by atomic mass is 10.2. The molecule has 2 aromatic rings. The summed E-state index contributed by atoms with van der Waals surface area (Å²) in [5.41, 5.74) is 1.84. The number of benzene rings is 2. The summed E-state index contributed by atoms with van der Waals surface area (Å²) in [5.74, 6) is 0. The number of rotatable bonds is 4. The van der Waals surface area contributed by atoms with Gasteiger partial charge in [0.1, 0.15) is 5.60 Å². The smallest absolute Gasteiger partial charge is 0.410 e. The quantitative estimate of drug-likeness (QED) is 0.633. The van der Waals surface area contributed by atoms with Crippen molar-refractivity contribution in [3.8, 4) is 0 Å². The molecule has 0 radical (unpaired) electrons. The zero-order valence-corrected chi connectivity index (χ0v) is 20.4. The first-order chi connectivity index (χ1) is 15.7. The molecule has 2 N–H and O–H groups in total. The van der Waals surface area contributed by atoms with Gasteiger partial charge in [0.05, 0.1) is 23.6 Å². The van der Waals surface area contributed by atoms with Gasteiger partial charge < -0.3 is 9.64 Å². The minimum absolute atomic E-state index is 0.273. The summed E-state index contributed by atoms with van der Waals surface area (Å²) < 4.78 is 31.5. The van der Waals surface area contributed by atoms with Crippen molar-refractivity contribution < 1.29 is 18.6 Å². The van der Waals surface area contributed by atoms with E-state index in [9.17, 15) is 13.9 Å². The number of ether oxygens (including phenoxy) is 1. The van der Waals surface area contributed by atoms with Gasteiger partial charge in [0.15, 0.2) is 0 Å². The highest BCUT2D eigenvalue weighted by molar-refractivity contribution is 8.27. The Kier molecular flexibility index (Phi) is 6.76. The normalized spacial score (nSPS) is 19.7. The molecule has 0 unspecified atom stereocenters. The van der Waals surface area contributed by atoms with E-state index in [1.807, 2.05) is 75.4 Å². The van der Waals surface area contributed by atoms with Crippen molar-refractivity contribution in [2.75, 3.05) is 47.9 Å². The van der Waals surface area contributed by atoms with Crippen LogP contribution in [0.5, 0.6) is 0 Å². The maximum absolute atomic E-state index is 12.4. The summed E-state index contributed by atoms with van der Waals surface area (Å²) in [6, 6.07) is 17.1. The Morgan fingerprint density at radius 3 is 2.27 bits per heavy atom. The number of anilines is 3. The summed E-state index contributed by atoms with van der Waals surface area (Å²) >= 11 is 0. The van der Waals surface area contributed by atoms with Crippen LogP contribution in [0.25, 0.3) is 0 Å². The molecule has 33 heavy (non-hydrogen) atoms. The molecule has 1 amide bonds. The monoisotopic (exact) mass is 474 g/mol. The SMILES string of the molecule is CC(C)(C)OC(=O)N1CCCN(CCN2c3ccccc3N(c3ccccc3)S2(O)O)CC1. The number of carbonyl (C=O) groups excluding carboxylic acids is 1. The van der Waals surface area contributed by atoms with E-state index in [1.165, 1.54) is 0 Å². The first kappa shape index (κ1) is 23.7. The molecular formula is C24H34N4O4S. The van der Waals surface area contributed by atoms with Crippen LogP contribution >= 0.6 is 11.0 Å². The molecule has 9 heteroatoms. The van der Waals surface area contributed by atoms with E-state index < -0.39 is 16.6 Å². The Morgan fingerprint density at radius 2 is 1.58 bits per heavy atom. The Labute approximate surface area is 198 Å². The fourth-order valence-electron chi connectivity index (χ4n) is 4.23. The highest BCUT2D eigenvalue weighted by Gasteiger charge is 2.41. The Balaban J connectivity index is 1.44. The van der Waals surface area contributed by atoms with E-state index >= 15 is 0 Å². The number of hydrogen-bond acceptors (Lipinski definition) is 7. The van der Waals surface area contributed by atoms with Gasteiger partial charge in [-0.25, -0.2) is 9.10 Å². The molecule has 0 saturated carbocycles. The average molecular weight is 475 g/mol. The standard InChI is InChI=1S/C24H34N4O4S/c1-24(2,3)32-23(29)26-15-9-14-25(16-18-26)17-19-27-21-12-7-8-13-22(21)28(33(27,30)31)20-10-5-4-6-11-20/h4-8,10-13,30-31H,9,14-19H2,1-3H3. The minimum atomic E-state index is -3.24. The zero-order valence-electron chi connectivity index (χ0n) is 19.6. The number of fused-ring (bicyclic) bond motifs is 1. The molecular weight excluding hydrogens is 440 g/mol. The van der Waals surface area contributed by atoms with Gasteiger partial charge in [-0.2, -0.15) is 0 Å². The Bertz CT molecular complexity index is 966. The number of amides is 1. The number of carbonyl (C=O) groups is 1. The van der Waals surface area contributed by atoms with Gasteiger partial charge in [-0.1, -0.05) is 30.3 Å². The minimum Gasteiger partial charge on any atom is -0.444 e. The van der Waals surface area contributed by atoms with Crippen LogP contribution in [0.3, 0.4) is 0 Å². The predicted octanol–water partition coefficient (Wildman–Crippen LogP) is 5.17. The van der Waals surface area contributed by atoms with Crippen LogP contribution in [0, 0.1) is 0 Å². The van der Waals surface area contributed by atoms with E-state index in [0.717, 1.165) is 36.6 Å². The van der Waals surface area contributed by atoms with Crippen molar-refractivity contribution in [1.82, 2.24) is 9.80 Å². The zero-order chi connectivity index (χ0) is 23.6. The van der Waals surface area contributed by atoms with Crippen molar-refractivity contribution in [1.29, 1.82) is 0 Å². The first-order valence-electron chi connectivity index (χ1n) is 11.4. The van der Waals surface area contributed by atoms with Gasteiger partial charge in [0.25, 0.3) is 0 Å². The molecule has 1 fully saturated rings. The van der Waals surface area contributed by atoms with Crippen molar-refractivity contribution in [2.24, 2.45) is 0 Å². The Hall–Kier alpha value is -2.46. The van der Waals surface area contributed by atoms with Crippen LogP contribution < -0.4 is 8.61 Å². The molecule has 8 nitrogen and oxygen atoms in total. The van der Waals surface area contributed by atoms with Gasteiger partial charge in [0, 0.05) is 26.2 Å². The third-order valence-corrected chi connectivity index (χ3v) is 7.63. The largest absolute Gasteiger partial charge is 0.444 e. The number of nitrogens with zero attached hydrogens (tertiary/aromatic N) is 4. The molecule has 0 spiro atoms. The van der Waals surface area contributed by atoms with Crippen molar-refractivity contribution in [3.05, 3.63) is 54.6 Å². The summed E-state index contributed by atoms with van der Waals surface area (Å²) in [4.78, 5) is 16.5. The summed E-state index contributed by atoms with van der Waals surface area (Å²) in [7, 11) is -3.24. The van der Waals surface area contributed by atoms with Crippen LogP contribution in [0.15, 0.2) is 54.6 Å². The fraction of sp³-hybridized carbons (Fsp3) is 0.458. The van der Waals surface area contributed by atoms with Gasteiger partial charge in [0.2, 0.25) is 0 Å². The average Bonchev–Trinajstić information content (AvgIpc) is 2.88. The second-order valence-corrected chi connectivity index (χ2v) is 11.2. The Morgan fingerprint density at radius 1 is 0.909 bits per heavy atom. The van der Waals surface area contributed by atoms with Crippen molar-refractivity contribution >= 4 is 34.1 Å². The van der Waals surface area contributed by atoms with Crippen LogP contribution in [0.2, 0.25) is 0 Å². The van der Waals surface area contributed by atoms with Gasteiger partial charge >= 0.3 is 6.09 Å². The fourth-order valence-corrected chi connectivity index (χ4v) is 6.00. The molecule has 0 bridgehead atoms. The van der Waals surface area contributed by atoms with Crippen LogP contribution in [-0.2, 0) is 4.74 Å². The first-order valence-corrected chi connectivity index (χ1v) is 12.8. The van der Waals surface area contributed by atoms with Gasteiger partial charge in [-0.3, -0.25) is 18.3 Å². The molecule has 2 aliphatic heterocycles. The maximum Gasteiger partial charge on any atom is 0.410 e. The molecule has 2 aromatic carbocycles. The molecule has 2 heterocycles. The lowest BCUT2D eigenvalue weighted by Crippen LogP contribution is -2.41. The van der Waals surface area contributed by atoms with E-state index in [-0.39, 0.29) is 6.09 Å². The molecule has 1 saturated heterocycles. The van der Waals surface area contributed by atoms with Crippen LogP contribution in [0.4, 0.5) is 21.9 Å². The molecule has 4 rings (SSSR count). The second-order valence-electron chi connectivity index (χ2n) is 9.37. The van der Waals surface area contributed by atoms with Crippen LogP contribution in [-0.4, -0.2) is 69.9 Å². The topological polar surface area (TPSA) is 79.7 Å². The summed E-state index contributed by atoms with van der Waals surface area (Å²) in [6.45, 7) is 9.57. The van der Waals surface area contributed by atoms with E-state index in [0.29, 0.717) is 26.2 Å². The lowest BCUT2D eigenvalue weighted by molar-refractivity contribution is 0.0258. The number of para-hydroxylation sites is 3. The van der Waals surface area contributed by atoms with E-state index in [1.54, 1.807) is 13.5 Å². The summed E-state index contributed by atoms with van der Waals surface area (Å²) in [5, 5.41) is 0. The molecule has 2 aliphatic rings. The summed E-state index contributed by atoms with van der Waals surface area (Å²) in [6.07, 6.45) is 0.577. The maximum atomic E-state index is 12.4. The lowest BCUT2D eigenvalue weighted by Gasteiger charge is -2.44. The van der Waals surface area contributed by atoms with E-state index in [4.69, 9.17) is 4.74 Å². The van der Waals surface area contributed by atoms with Gasteiger partial charge in [-0.05, 0) is 69.0 Å². The van der Waals surface area contributed by atoms with Crippen LogP contribution in [0.1, 0.15) is 27.2 Å². The molecule has 180 valence electrons. The number of hydrogen-bond donors (Lipinski definition) is 2. The third-order valence-electron chi connectivity index (χ3n) is 5.76. The van der Waals surface area contributed by atoms with E-state index in [2.05, 4.69) is 4.90 Å². The third kappa shape index (κ3) is 5.22. The van der Waals surface area contributed by atoms with Crippen molar-refractivity contribution in [3.63, 3.8) is 0 Å². The second kappa shape index (κ2) is 9.42. The molecule has 0 aliphatic carbocycles. The highest BCUT2D eigenvalue weighted by atomic mass is 32.3. The van der Waals surface area contributed by atoms with Crippen molar-refractivity contribution in [2.45, 2.75) is 32.8 Å². The molecule has 0 aromatic heterocycles. The predicted molar refractivity (Wildman–Crippen MR) is 134 cm³/mol.